The molecular formula is C23H15ClF2N2O3. The topological polar surface area (TPSA) is 58.6 Å². The van der Waals surface area contributed by atoms with Crippen molar-refractivity contribution in [3.05, 3.63) is 94.6 Å². The molecule has 0 aromatic heterocycles. The minimum absolute atomic E-state index is 0.0405. The molecule has 2 amide bonds. The molecule has 0 aliphatic carbocycles. The van der Waals surface area contributed by atoms with Crippen LogP contribution in [0.1, 0.15) is 5.56 Å². The lowest BCUT2D eigenvalue weighted by Crippen LogP contribution is -2.32. The van der Waals surface area contributed by atoms with Crippen molar-refractivity contribution in [3.63, 3.8) is 0 Å². The van der Waals surface area contributed by atoms with Crippen LogP contribution in [-0.4, -0.2) is 18.9 Å². The zero-order valence-corrected chi connectivity index (χ0v) is 16.9. The molecule has 0 fully saturated rings. The zero-order valence-electron chi connectivity index (χ0n) is 16.2. The Hall–Kier alpha value is -3.71. The van der Waals surface area contributed by atoms with Crippen LogP contribution in [0.5, 0.6) is 5.75 Å². The van der Waals surface area contributed by atoms with Crippen LogP contribution in [0.4, 0.5) is 20.2 Å². The monoisotopic (exact) mass is 440 g/mol. The number of amides is 2. The third-order valence-electron chi connectivity index (χ3n) is 4.72. The molecule has 0 saturated heterocycles. The highest BCUT2D eigenvalue weighted by Crippen LogP contribution is 2.35. The van der Waals surface area contributed by atoms with Crippen molar-refractivity contribution in [2.45, 2.75) is 0 Å². The van der Waals surface area contributed by atoms with Gasteiger partial charge in [0.25, 0.3) is 11.8 Å². The minimum atomic E-state index is -0.678. The van der Waals surface area contributed by atoms with Gasteiger partial charge in [0.15, 0.2) is 0 Å². The van der Waals surface area contributed by atoms with E-state index in [1.54, 1.807) is 30.3 Å². The van der Waals surface area contributed by atoms with Crippen LogP contribution in [0.2, 0.25) is 5.02 Å². The van der Waals surface area contributed by atoms with Gasteiger partial charge in [0.1, 0.15) is 23.1 Å². The molecule has 0 unspecified atom stereocenters. The number of carbonyl (C=O) groups excluding carboxylic acids is 2. The van der Waals surface area contributed by atoms with Crippen LogP contribution in [0.3, 0.4) is 0 Å². The Bertz CT molecular complexity index is 1230. The first-order chi connectivity index (χ1) is 14.9. The van der Waals surface area contributed by atoms with E-state index in [1.165, 1.54) is 37.4 Å². The third-order valence-corrected chi connectivity index (χ3v) is 5.01. The van der Waals surface area contributed by atoms with Gasteiger partial charge < -0.3 is 10.1 Å². The van der Waals surface area contributed by atoms with E-state index in [1.807, 2.05) is 0 Å². The van der Waals surface area contributed by atoms with E-state index < -0.39 is 23.4 Å². The van der Waals surface area contributed by atoms with Gasteiger partial charge in [-0.15, -0.1) is 0 Å². The van der Waals surface area contributed by atoms with Gasteiger partial charge >= 0.3 is 0 Å². The number of nitrogens with zero attached hydrogens (tertiary/aromatic N) is 1. The molecule has 0 saturated carbocycles. The number of nitrogens with one attached hydrogen (secondary N) is 1. The van der Waals surface area contributed by atoms with Crippen LogP contribution >= 0.6 is 11.6 Å². The summed E-state index contributed by atoms with van der Waals surface area (Å²) in [5, 5.41) is 2.63. The van der Waals surface area contributed by atoms with E-state index in [-0.39, 0.29) is 22.0 Å². The SMILES string of the molecule is COc1ccc(C2=C(Nc3cccc(F)c3)C(=O)N(c3ccc(F)c(Cl)c3)C2=O)cc1. The summed E-state index contributed by atoms with van der Waals surface area (Å²) in [6.45, 7) is 0. The fourth-order valence-corrected chi connectivity index (χ4v) is 3.42. The number of imide groups is 1. The number of hydrogen-bond acceptors (Lipinski definition) is 4. The Morgan fingerprint density at radius 3 is 2.32 bits per heavy atom. The number of rotatable bonds is 5. The Kier molecular flexibility index (Phi) is 5.44. The Morgan fingerprint density at radius 2 is 1.68 bits per heavy atom. The van der Waals surface area contributed by atoms with Crippen LogP contribution < -0.4 is 15.0 Å². The van der Waals surface area contributed by atoms with E-state index in [4.69, 9.17) is 16.3 Å². The number of benzene rings is 3. The van der Waals surface area contributed by atoms with Crippen LogP contribution in [0.15, 0.2) is 72.4 Å². The van der Waals surface area contributed by atoms with Gasteiger partial charge in [0.05, 0.1) is 23.4 Å². The van der Waals surface area contributed by atoms with Crippen molar-refractivity contribution < 1.29 is 23.1 Å². The highest BCUT2D eigenvalue weighted by Gasteiger charge is 2.40. The van der Waals surface area contributed by atoms with E-state index in [9.17, 15) is 18.4 Å². The van der Waals surface area contributed by atoms with Crippen LogP contribution in [0, 0.1) is 11.6 Å². The first kappa shape index (κ1) is 20.6. The number of halogens is 3. The second kappa shape index (κ2) is 8.20. The molecule has 4 rings (SSSR count). The molecular weight excluding hydrogens is 426 g/mol. The first-order valence-electron chi connectivity index (χ1n) is 9.14. The maximum atomic E-state index is 13.7. The van der Waals surface area contributed by atoms with E-state index in [0.717, 1.165) is 11.0 Å². The Balaban J connectivity index is 1.82. The van der Waals surface area contributed by atoms with Crippen molar-refractivity contribution in [1.82, 2.24) is 0 Å². The molecule has 0 radical (unpaired) electrons. The maximum Gasteiger partial charge on any atom is 0.282 e. The predicted molar refractivity (Wildman–Crippen MR) is 114 cm³/mol. The zero-order chi connectivity index (χ0) is 22.1. The number of methoxy groups -OCH3 is 1. The molecule has 1 heterocycles. The average molecular weight is 441 g/mol. The van der Waals surface area contributed by atoms with Crippen LogP contribution in [-0.2, 0) is 9.59 Å². The molecule has 1 N–H and O–H groups in total. The number of carbonyl (C=O) groups is 2. The molecule has 0 atom stereocenters. The van der Waals surface area contributed by atoms with Gasteiger partial charge in [-0.3, -0.25) is 9.59 Å². The highest BCUT2D eigenvalue weighted by atomic mass is 35.5. The van der Waals surface area contributed by atoms with Crippen molar-refractivity contribution in [2.24, 2.45) is 0 Å². The smallest absolute Gasteiger partial charge is 0.282 e. The molecule has 1 aliphatic heterocycles. The standard InChI is InChI=1S/C23H15ClF2N2O3/c1-31-17-8-5-13(6-9-17)20-21(27-15-4-2-3-14(25)11-15)23(30)28(22(20)29)16-7-10-19(26)18(24)12-16/h2-12,27H,1H3. The molecule has 156 valence electrons. The summed E-state index contributed by atoms with van der Waals surface area (Å²) in [5.74, 6) is -1.91. The van der Waals surface area contributed by atoms with Crippen molar-refractivity contribution >= 4 is 40.4 Å². The molecule has 0 spiro atoms. The van der Waals surface area contributed by atoms with Crippen molar-refractivity contribution in [2.75, 3.05) is 17.3 Å². The average Bonchev–Trinajstić information content (AvgIpc) is 3.00. The van der Waals surface area contributed by atoms with Gasteiger partial charge in [0, 0.05) is 5.69 Å². The highest BCUT2D eigenvalue weighted by molar-refractivity contribution is 6.46. The number of hydrogen-bond donors (Lipinski definition) is 1. The van der Waals surface area contributed by atoms with Crippen LogP contribution in [0.25, 0.3) is 5.57 Å². The molecule has 8 heteroatoms. The summed E-state index contributed by atoms with van der Waals surface area (Å²) in [5.41, 5.74) is 0.900. The summed E-state index contributed by atoms with van der Waals surface area (Å²) in [4.78, 5) is 27.4. The molecule has 3 aromatic carbocycles. The second-order valence-corrected chi connectivity index (χ2v) is 7.07. The molecule has 5 nitrogen and oxygen atoms in total. The fourth-order valence-electron chi connectivity index (χ4n) is 3.24. The number of ether oxygens (including phenoxy) is 1. The Labute approximate surface area is 181 Å². The van der Waals surface area contributed by atoms with E-state index >= 15 is 0 Å². The minimum Gasteiger partial charge on any atom is -0.497 e. The van der Waals surface area contributed by atoms with Gasteiger partial charge in [-0.1, -0.05) is 29.8 Å². The summed E-state index contributed by atoms with van der Waals surface area (Å²) in [6.07, 6.45) is 0. The third kappa shape index (κ3) is 3.87. The van der Waals surface area contributed by atoms with E-state index in [0.29, 0.717) is 17.0 Å². The van der Waals surface area contributed by atoms with Gasteiger partial charge in [-0.2, -0.15) is 0 Å². The summed E-state index contributed by atoms with van der Waals surface area (Å²) in [7, 11) is 1.51. The van der Waals surface area contributed by atoms with Gasteiger partial charge in [0.2, 0.25) is 0 Å². The summed E-state index contributed by atoms with van der Waals surface area (Å²) >= 11 is 5.85. The maximum absolute atomic E-state index is 13.7. The fraction of sp³-hybridized carbons (Fsp3) is 0.0435. The van der Waals surface area contributed by atoms with E-state index in [2.05, 4.69) is 5.32 Å². The molecule has 3 aromatic rings. The van der Waals surface area contributed by atoms with Gasteiger partial charge in [-0.25, -0.2) is 13.7 Å². The van der Waals surface area contributed by atoms with Crippen molar-refractivity contribution in [3.8, 4) is 5.75 Å². The Morgan fingerprint density at radius 1 is 0.935 bits per heavy atom. The number of anilines is 2. The summed E-state index contributed by atoms with van der Waals surface area (Å²) < 4.78 is 32.4. The molecule has 1 aliphatic rings. The quantitative estimate of drug-likeness (QED) is 0.566. The largest absolute Gasteiger partial charge is 0.497 e. The summed E-state index contributed by atoms with van der Waals surface area (Å²) in [6, 6.07) is 15.6. The first-order valence-corrected chi connectivity index (χ1v) is 9.52. The van der Waals surface area contributed by atoms with Crippen molar-refractivity contribution in [1.29, 1.82) is 0 Å². The second-order valence-electron chi connectivity index (χ2n) is 6.66. The van der Waals surface area contributed by atoms with Gasteiger partial charge in [-0.05, 0) is 54.1 Å². The molecule has 31 heavy (non-hydrogen) atoms. The normalized spacial score (nSPS) is 13.7. The lowest BCUT2D eigenvalue weighted by atomic mass is 10.0. The molecule has 0 bridgehead atoms. The lowest BCUT2D eigenvalue weighted by molar-refractivity contribution is -0.120. The predicted octanol–water partition coefficient (Wildman–Crippen LogP) is 5.02. The lowest BCUT2D eigenvalue weighted by Gasteiger charge is -2.16.